The molecule has 0 bridgehead atoms. The highest BCUT2D eigenvalue weighted by atomic mass is 32.2. The predicted molar refractivity (Wildman–Crippen MR) is 105 cm³/mol. The van der Waals surface area contributed by atoms with Crippen LogP contribution in [-0.2, 0) is 21.3 Å². The van der Waals surface area contributed by atoms with Crippen LogP contribution in [0.5, 0.6) is 0 Å². The van der Waals surface area contributed by atoms with Gasteiger partial charge in [0.25, 0.3) is 0 Å². The van der Waals surface area contributed by atoms with Crippen molar-refractivity contribution in [1.29, 1.82) is 0 Å². The van der Waals surface area contributed by atoms with Gasteiger partial charge in [0.15, 0.2) is 11.6 Å². The molecule has 0 amide bonds. The lowest BCUT2D eigenvalue weighted by Gasteiger charge is -2.28. The average Bonchev–Trinajstić information content (AvgIpc) is 3.09. The molecule has 1 fully saturated rings. The van der Waals surface area contributed by atoms with Gasteiger partial charge in [0, 0.05) is 42.5 Å². The number of sulfonamides is 1. The zero-order chi connectivity index (χ0) is 18.9. The van der Waals surface area contributed by atoms with E-state index in [1.165, 1.54) is 11.3 Å². The van der Waals surface area contributed by atoms with Gasteiger partial charge in [-0.1, -0.05) is 0 Å². The summed E-state index contributed by atoms with van der Waals surface area (Å²) in [4.78, 5) is 16.7. The summed E-state index contributed by atoms with van der Waals surface area (Å²) >= 11 is 1.51. The van der Waals surface area contributed by atoms with E-state index >= 15 is 0 Å². The molecule has 0 saturated carbocycles. The molecule has 1 N–H and O–H groups in total. The van der Waals surface area contributed by atoms with Crippen LogP contribution in [0.15, 0.2) is 30.6 Å². The Morgan fingerprint density at radius 2 is 2.11 bits per heavy atom. The van der Waals surface area contributed by atoms with Gasteiger partial charge in [-0.05, 0) is 18.2 Å². The SMILES string of the molecule is CS(=O)(=O)NCc1cc2nc(-c3cccnc3)nc(N3CCOCC3)c2s1. The van der Waals surface area contributed by atoms with Crippen molar-refractivity contribution in [2.75, 3.05) is 37.5 Å². The van der Waals surface area contributed by atoms with Crippen molar-refractivity contribution in [1.82, 2.24) is 19.7 Å². The number of nitrogens with zero attached hydrogens (tertiary/aromatic N) is 4. The topological polar surface area (TPSA) is 97.3 Å². The van der Waals surface area contributed by atoms with Crippen molar-refractivity contribution < 1.29 is 13.2 Å². The maximum absolute atomic E-state index is 11.4. The molecule has 1 aliphatic rings. The standard InChI is InChI=1S/C17H19N5O3S2/c1-27(23,24)19-11-13-9-14-15(26-13)17(22-5-7-25-8-6-22)21-16(20-14)12-3-2-4-18-10-12/h2-4,9-10,19H,5-8,11H2,1H3. The lowest BCUT2D eigenvalue weighted by atomic mass is 10.2. The Kier molecular flexibility index (Phi) is 5.04. The molecule has 4 rings (SSSR count). The highest BCUT2D eigenvalue weighted by molar-refractivity contribution is 7.88. The number of fused-ring (bicyclic) bond motifs is 1. The molecule has 1 aliphatic heterocycles. The maximum atomic E-state index is 11.4. The minimum Gasteiger partial charge on any atom is -0.378 e. The number of hydrogen-bond acceptors (Lipinski definition) is 8. The van der Waals surface area contributed by atoms with Gasteiger partial charge in [0.2, 0.25) is 10.0 Å². The molecular weight excluding hydrogens is 386 g/mol. The molecule has 1 saturated heterocycles. The van der Waals surface area contributed by atoms with E-state index < -0.39 is 10.0 Å². The molecule has 0 aliphatic carbocycles. The van der Waals surface area contributed by atoms with E-state index in [0.717, 1.165) is 45.8 Å². The quantitative estimate of drug-likeness (QED) is 0.689. The number of morpholine rings is 1. The molecule has 142 valence electrons. The molecule has 0 aromatic carbocycles. The van der Waals surface area contributed by atoms with E-state index in [9.17, 15) is 8.42 Å². The van der Waals surface area contributed by atoms with Crippen molar-refractivity contribution in [3.8, 4) is 11.4 Å². The fraction of sp³-hybridized carbons (Fsp3) is 0.353. The first-order valence-electron chi connectivity index (χ1n) is 8.48. The van der Waals surface area contributed by atoms with Crippen LogP contribution in [0, 0.1) is 0 Å². The Morgan fingerprint density at radius 3 is 2.81 bits per heavy atom. The Bertz CT molecular complexity index is 1050. The van der Waals surface area contributed by atoms with E-state index in [1.54, 1.807) is 12.4 Å². The number of hydrogen-bond donors (Lipinski definition) is 1. The Labute approximate surface area is 161 Å². The average molecular weight is 406 g/mol. The fourth-order valence-corrected chi connectivity index (χ4v) is 4.43. The first-order chi connectivity index (χ1) is 13.0. The van der Waals surface area contributed by atoms with Crippen LogP contribution in [0.2, 0.25) is 0 Å². The summed E-state index contributed by atoms with van der Waals surface area (Å²) in [5.74, 6) is 1.47. The van der Waals surface area contributed by atoms with Crippen molar-refractivity contribution >= 4 is 37.4 Å². The Hall–Kier alpha value is -2.14. The van der Waals surface area contributed by atoms with E-state index in [4.69, 9.17) is 14.7 Å². The van der Waals surface area contributed by atoms with Gasteiger partial charge in [-0.25, -0.2) is 23.1 Å². The highest BCUT2D eigenvalue weighted by Crippen LogP contribution is 2.34. The zero-order valence-electron chi connectivity index (χ0n) is 14.8. The third kappa shape index (κ3) is 4.24. The van der Waals surface area contributed by atoms with Gasteiger partial charge < -0.3 is 9.64 Å². The monoisotopic (exact) mass is 405 g/mol. The third-order valence-corrected chi connectivity index (χ3v) is 5.93. The number of pyridine rings is 1. The van der Waals surface area contributed by atoms with Crippen molar-refractivity contribution in [2.24, 2.45) is 0 Å². The minimum atomic E-state index is -3.26. The molecule has 0 spiro atoms. The number of thiophene rings is 1. The summed E-state index contributed by atoms with van der Waals surface area (Å²) < 4.78 is 31.8. The molecule has 0 radical (unpaired) electrons. The van der Waals surface area contributed by atoms with Crippen molar-refractivity contribution in [2.45, 2.75) is 6.54 Å². The first-order valence-corrected chi connectivity index (χ1v) is 11.2. The van der Waals surface area contributed by atoms with Crippen LogP contribution in [0.25, 0.3) is 21.6 Å². The molecule has 4 heterocycles. The van der Waals surface area contributed by atoms with Crippen molar-refractivity contribution in [3.63, 3.8) is 0 Å². The second kappa shape index (κ2) is 7.47. The van der Waals surface area contributed by atoms with Gasteiger partial charge in [0.05, 0.1) is 29.7 Å². The summed E-state index contributed by atoms with van der Waals surface area (Å²) in [5, 5.41) is 0. The minimum absolute atomic E-state index is 0.241. The van der Waals surface area contributed by atoms with Crippen molar-refractivity contribution in [3.05, 3.63) is 35.5 Å². The summed E-state index contributed by atoms with van der Waals surface area (Å²) in [5.41, 5.74) is 1.65. The number of nitrogens with one attached hydrogen (secondary N) is 1. The first kappa shape index (κ1) is 18.2. The summed E-state index contributed by atoms with van der Waals surface area (Å²) in [7, 11) is -3.26. The van der Waals surface area contributed by atoms with Crippen LogP contribution >= 0.6 is 11.3 Å². The molecule has 10 heteroatoms. The predicted octanol–water partition coefficient (Wildman–Crippen LogP) is 1.64. The second-order valence-corrected chi connectivity index (χ2v) is 9.20. The molecule has 27 heavy (non-hydrogen) atoms. The van der Waals surface area contributed by atoms with E-state index in [2.05, 4.69) is 14.6 Å². The van der Waals surface area contributed by atoms with Crippen LogP contribution in [0.3, 0.4) is 0 Å². The number of anilines is 1. The van der Waals surface area contributed by atoms with E-state index in [-0.39, 0.29) is 6.54 Å². The second-order valence-electron chi connectivity index (χ2n) is 6.23. The largest absolute Gasteiger partial charge is 0.378 e. The van der Waals surface area contributed by atoms with E-state index in [1.807, 2.05) is 18.2 Å². The lowest BCUT2D eigenvalue weighted by Crippen LogP contribution is -2.36. The maximum Gasteiger partial charge on any atom is 0.209 e. The molecule has 0 unspecified atom stereocenters. The normalized spacial score (nSPS) is 15.4. The van der Waals surface area contributed by atoms with Crippen LogP contribution in [-0.4, -0.2) is 55.9 Å². The van der Waals surface area contributed by atoms with Gasteiger partial charge in [-0.3, -0.25) is 4.98 Å². The Morgan fingerprint density at radius 1 is 1.30 bits per heavy atom. The Balaban J connectivity index is 1.79. The van der Waals surface area contributed by atoms with E-state index in [0.29, 0.717) is 19.0 Å². The molecule has 3 aromatic heterocycles. The van der Waals surface area contributed by atoms with Crippen LogP contribution in [0.1, 0.15) is 4.88 Å². The van der Waals surface area contributed by atoms with Gasteiger partial charge in [0.1, 0.15) is 0 Å². The molecule has 0 atom stereocenters. The van der Waals surface area contributed by atoms with Gasteiger partial charge >= 0.3 is 0 Å². The molecular formula is C17H19N5O3S2. The zero-order valence-corrected chi connectivity index (χ0v) is 16.4. The lowest BCUT2D eigenvalue weighted by molar-refractivity contribution is 0.122. The highest BCUT2D eigenvalue weighted by Gasteiger charge is 2.20. The third-order valence-electron chi connectivity index (χ3n) is 4.14. The number of ether oxygens (including phenoxy) is 1. The summed E-state index contributed by atoms with van der Waals surface area (Å²) in [6, 6.07) is 5.70. The van der Waals surface area contributed by atoms with Crippen LogP contribution in [0.4, 0.5) is 5.82 Å². The number of rotatable bonds is 5. The molecule has 8 nitrogen and oxygen atoms in total. The molecule has 3 aromatic rings. The van der Waals surface area contributed by atoms with Gasteiger partial charge in [-0.15, -0.1) is 11.3 Å². The summed E-state index contributed by atoms with van der Waals surface area (Å²) in [6.45, 7) is 3.06. The number of aromatic nitrogens is 3. The summed E-state index contributed by atoms with van der Waals surface area (Å²) in [6.07, 6.45) is 4.60. The smallest absolute Gasteiger partial charge is 0.209 e. The van der Waals surface area contributed by atoms with Gasteiger partial charge in [-0.2, -0.15) is 0 Å². The van der Waals surface area contributed by atoms with Crippen LogP contribution < -0.4 is 9.62 Å². The fourth-order valence-electron chi connectivity index (χ4n) is 2.87.